The second kappa shape index (κ2) is 7.25. The van der Waals surface area contributed by atoms with Gasteiger partial charge in [0, 0.05) is 0 Å². The average Bonchev–Trinajstić information content (AvgIpc) is 2.52. The van der Waals surface area contributed by atoms with Gasteiger partial charge in [-0.3, -0.25) is 0 Å². The third-order valence-corrected chi connectivity index (χ3v) is 4.03. The molecule has 0 saturated carbocycles. The van der Waals surface area contributed by atoms with Crippen molar-refractivity contribution in [1.29, 1.82) is 0 Å². The number of carboxylic acids is 1. The fraction of sp³-hybridized carbons (Fsp3) is 0.211. The van der Waals surface area contributed by atoms with Gasteiger partial charge in [-0.15, -0.1) is 0 Å². The van der Waals surface area contributed by atoms with Crippen LogP contribution in [0.4, 0.5) is 8.78 Å². The van der Waals surface area contributed by atoms with Crippen molar-refractivity contribution in [2.75, 3.05) is 0 Å². The van der Waals surface area contributed by atoms with Crippen molar-refractivity contribution < 1.29 is 23.4 Å². The van der Waals surface area contributed by atoms with E-state index in [1.165, 1.54) is 12.1 Å². The molecule has 126 valence electrons. The highest BCUT2D eigenvalue weighted by molar-refractivity contribution is 5.93. The molecule has 0 aliphatic heterocycles. The molecular formula is C19H18F2O3. The minimum Gasteiger partial charge on any atom is -0.478 e. The molecule has 0 heterocycles. The van der Waals surface area contributed by atoms with Crippen molar-refractivity contribution in [1.82, 2.24) is 0 Å². The van der Waals surface area contributed by atoms with Crippen LogP contribution in [0.2, 0.25) is 0 Å². The van der Waals surface area contributed by atoms with Crippen LogP contribution < -0.4 is 4.74 Å². The predicted molar refractivity (Wildman–Crippen MR) is 88.8 cm³/mol. The fourth-order valence-corrected chi connectivity index (χ4v) is 2.64. The van der Waals surface area contributed by atoms with Gasteiger partial charge in [-0.1, -0.05) is 24.8 Å². The fourth-order valence-electron chi connectivity index (χ4n) is 2.64. The van der Waals surface area contributed by atoms with E-state index < -0.39 is 12.6 Å². The Hall–Kier alpha value is -2.69. The summed E-state index contributed by atoms with van der Waals surface area (Å²) in [5.74, 6) is -0.912. The van der Waals surface area contributed by atoms with Crippen molar-refractivity contribution in [3.05, 3.63) is 70.3 Å². The summed E-state index contributed by atoms with van der Waals surface area (Å²) in [5.41, 5.74) is 4.44. The second-order valence-corrected chi connectivity index (χ2v) is 5.46. The Kier molecular flexibility index (Phi) is 5.34. The summed E-state index contributed by atoms with van der Waals surface area (Å²) in [5, 5.41) is 9.39. The summed E-state index contributed by atoms with van der Waals surface area (Å²) < 4.78 is 28.7. The number of carboxylic acid groups (broad SMARTS) is 1. The van der Waals surface area contributed by atoms with Gasteiger partial charge in [0.05, 0.1) is 5.56 Å². The number of aromatic carboxylic acids is 1. The lowest BCUT2D eigenvalue weighted by Crippen LogP contribution is -2.06. The van der Waals surface area contributed by atoms with E-state index in [2.05, 4.69) is 11.3 Å². The number of ether oxygens (including phenoxy) is 1. The van der Waals surface area contributed by atoms with Crippen molar-refractivity contribution in [3.8, 4) is 5.75 Å². The number of benzene rings is 2. The van der Waals surface area contributed by atoms with Gasteiger partial charge in [-0.05, 0) is 66.3 Å². The number of rotatable bonds is 6. The molecule has 2 aromatic rings. The lowest BCUT2D eigenvalue weighted by Gasteiger charge is -2.15. The number of hydrogen-bond donors (Lipinski definition) is 1. The zero-order chi connectivity index (χ0) is 17.9. The first-order valence-corrected chi connectivity index (χ1v) is 7.36. The normalized spacial score (nSPS) is 10.7. The quantitative estimate of drug-likeness (QED) is 0.823. The Balaban J connectivity index is 2.36. The molecule has 5 heteroatoms. The molecule has 0 radical (unpaired) electrons. The van der Waals surface area contributed by atoms with Crippen LogP contribution >= 0.6 is 0 Å². The van der Waals surface area contributed by atoms with E-state index >= 15 is 0 Å². The first-order chi connectivity index (χ1) is 11.3. The Morgan fingerprint density at radius 2 is 1.88 bits per heavy atom. The van der Waals surface area contributed by atoms with Gasteiger partial charge < -0.3 is 9.84 Å². The molecule has 0 saturated heterocycles. The van der Waals surface area contributed by atoms with E-state index in [4.69, 9.17) is 0 Å². The Morgan fingerprint density at radius 3 is 2.38 bits per heavy atom. The third kappa shape index (κ3) is 3.79. The maximum atomic E-state index is 12.2. The van der Waals surface area contributed by atoms with Gasteiger partial charge in [0.15, 0.2) is 0 Å². The van der Waals surface area contributed by atoms with Gasteiger partial charge in [-0.2, -0.15) is 8.78 Å². The number of hydrogen-bond acceptors (Lipinski definition) is 2. The maximum absolute atomic E-state index is 12.2. The van der Waals surface area contributed by atoms with Crippen LogP contribution in [-0.4, -0.2) is 17.7 Å². The molecule has 3 nitrogen and oxygen atoms in total. The van der Waals surface area contributed by atoms with Gasteiger partial charge in [-0.25, -0.2) is 4.79 Å². The summed E-state index contributed by atoms with van der Waals surface area (Å²) >= 11 is 0. The summed E-state index contributed by atoms with van der Waals surface area (Å²) in [6, 6.07) is 7.97. The molecule has 0 aliphatic rings. The van der Waals surface area contributed by atoms with E-state index in [0.717, 1.165) is 22.3 Å². The highest BCUT2D eigenvalue weighted by atomic mass is 19.3. The van der Waals surface area contributed by atoms with Crippen LogP contribution in [0, 0.1) is 13.8 Å². The summed E-state index contributed by atoms with van der Waals surface area (Å²) in [7, 11) is 0. The molecule has 0 spiro atoms. The van der Waals surface area contributed by atoms with E-state index in [0.29, 0.717) is 12.0 Å². The third-order valence-electron chi connectivity index (χ3n) is 4.03. The highest BCUT2D eigenvalue weighted by Crippen LogP contribution is 2.26. The molecule has 0 amide bonds. The Labute approximate surface area is 139 Å². The molecular weight excluding hydrogens is 314 g/mol. The first-order valence-electron chi connectivity index (χ1n) is 7.36. The average molecular weight is 332 g/mol. The molecule has 0 aromatic heterocycles. The van der Waals surface area contributed by atoms with Gasteiger partial charge in [0.25, 0.3) is 0 Å². The lowest BCUT2D eigenvalue weighted by atomic mass is 9.90. The van der Waals surface area contributed by atoms with E-state index in [9.17, 15) is 18.7 Å². The van der Waals surface area contributed by atoms with Crippen LogP contribution in [0.25, 0.3) is 6.08 Å². The highest BCUT2D eigenvalue weighted by Gasteiger charge is 2.15. The van der Waals surface area contributed by atoms with Crippen molar-refractivity contribution in [2.45, 2.75) is 26.9 Å². The molecule has 0 unspecified atom stereocenters. The zero-order valence-corrected chi connectivity index (χ0v) is 13.5. The maximum Gasteiger partial charge on any atom is 0.387 e. The lowest BCUT2D eigenvalue weighted by molar-refractivity contribution is -0.0498. The van der Waals surface area contributed by atoms with Crippen molar-refractivity contribution >= 4 is 12.0 Å². The SMILES string of the molecule is C=Cc1c(C(=O)O)cc(Cc2ccc(OC(F)F)cc2)c(C)c1C. The molecule has 2 rings (SSSR count). The first kappa shape index (κ1) is 17.7. The number of halogens is 2. The number of carbonyl (C=O) groups is 1. The monoisotopic (exact) mass is 332 g/mol. The molecule has 24 heavy (non-hydrogen) atoms. The molecule has 0 atom stereocenters. The van der Waals surface area contributed by atoms with E-state index in [1.807, 2.05) is 13.8 Å². The van der Waals surface area contributed by atoms with E-state index in [-0.39, 0.29) is 11.3 Å². The van der Waals surface area contributed by atoms with Gasteiger partial charge in [0.1, 0.15) is 5.75 Å². The Bertz CT molecular complexity index is 765. The predicted octanol–water partition coefficient (Wildman–Crippen LogP) is 4.84. The van der Waals surface area contributed by atoms with Crippen molar-refractivity contribution in [3.63, 3.8) is 0 Å². The molecule has 2 aromatic carbocycles. The molecule has 0 aliphatic carbocycles. The van der Waals surface area contributed by atoms with Crippen molar-refractivity contribution in [2.24, 2.45) is 0 Å². The minimum atomic E-state index is -2.86. The largest absolute Gasteiger partial charge is 0.478 e. The zero-order valence-electron chi connectivity index (χ0n) is 13.5. The molecule has 0 fully saturated rings. The van der Waals surface area contributed by atoms with Crippen LogP contribution in [0.15, 0.2) is 36.9 Å². The summed E-state index contributed by atoms with van der Waals surface area (Å²) in [6.45, 7) is 4.62. The summed E-state index contributed by atoms with van der Waals surface area (Å²) in [4.78, 5) is 11.5. The van der Waals surface area contributed by atoms with Crippen LogP contribution in [-0.2, 0) is 6.42 Å². The van der Waals surface area contributed by atoms with Crippen LogP contribution in [0.5, 0.6) is 5.75 Å². The van der Waals surface area contributed by atoms with Gasteiger partial charge >= 0.3 is 12.6 Å². The smallest absolute Gasteiger partial charge is 0.387 e. The number of alkyl halides is 2. The molecule has 1 N–H and O–H groups in total. The standard InChI is InChI=1S/C19H18F2O3/c1-4-16-12(3)11(2)14(10-17(16)18(22)23)9-13-5-7-15(8-6-13)24-19(20)21/h4-8,10,19H,1,9H2,2-3H3,(H,22,23). The second-order valence-electron chi connectivity index (χ2n) is 5.46. The molecule has 0 bridgehead atoms. The Morgan fingerprint density at radius 1 is 1.25 bits per heavy atom. The topological polar surface area (TPSA) is 46.5 Å². The van der Waals surface area contributed by atoms with E-state index in [1.54, 1.807) is 24.3 Å². The van der Waals surface area contributed by atoms with Gasteiger partial charge in [0.2, 0.25) is 0 Å². The van der Waals surface area contributed by atoms with Crippen LogP contribution in [0.1, 0.15) is 38.2 Å². The van der Waals surface area contributed by atoms with Crippen LogP contribution in [0.3, 0.4) is 0 Å². The minimum absolute atomic E-state index is 0.0925. The summed E-state index contributed by atoms with van der Waals surface area (Å²) in [6.07, 6.45) is 2.05.